The van der Waals surface area contributed by atoms with Gasteiger partial charge in [-0.1, -0.05) is 113 Å². The van der Waals surface area contributed by atoms with E-state index in [1.807, 2.05) is 18.2 Å². The molecule has 0 saturated heterocycles. The lowest BCUT2D eigenvalue weighted by atomic mass is 10.1. The smallest absolute Gasteiger partial charge is 0.261 e. The molecule has 0 radical (unpaired) electrons. The Labute approximate surface area is 197 Å². The first-order chi connectivity index (χ1) is 15.0. The normalized spacial score (nSPS) is 13.6. The molecule has 1 atom stereocenters. The highest BCUT2D eigenvalue weighted by Gasteiger charge is 2.49. The first kappa shape index (κ1) is 25.9. The fourth-order valence-electron chi connectivity index (χ4n) is 3.81. The molecule has 0 aromatic heterocycles. The van der Waals surface area contributed by atoms with E-state index in [-0.39, 0.29) is 5.04 Å². The van der Waals surface area contributed by atoms with E-state index < -0.39 is 22.5 Å². The molecule has 0 spiro atoms. The highest BCUT2D eigenvalue weighted by molar-refractivity contribution is 6.99. The number of benzene rings is 2. The molecule has 2 aromatic rings. The van der Waals surface area contributed by atoms with Crippen molar-refractivity contribution in [2.75, 3.05) is 13.7 Å². The van der Waals surface area contributed by atoms with Crippen molar-refractivity contribution >= 4 is 26.8 Å². The second-order valence-corrected chi connectivity index (χ2v) is 19.0. The summed E-state index contributed by atoms with van der Waals surface area (Å²) in [4.78, 5) is 0. The van der Waals surface area contributed by atoms with Gasteiger partial charge in [0.25, 0.3) is 8.32 Å². The highest BCUT2D eigenvalue weighted by atomic mass is 28.4. The summed E-state index contributed by atoms with van der Waals surface area (Å²) in [5.41, 5.74) is 4.08. The molecule has 0 bridgehead atoms. The molecule has 0 fully saturated rings. The summed E-state index contributed by atoms with van der Waals surface area (Å²) >= 11 is 0. The summed E-state index contributed by atoms with van der Waals surface area (Å²) in [5, 5.41) is 2.41. The van der Waals surface area contributed by atoms with Crippen molar-refractivity contribution in [2.24, 2.45) is 0 Å². The van der Waals surface area contributed by atoms with Crippen molar-refractivity contribution in [3.05, 3.63) is 72.3 Å². The van der Waals surface area contributed by atoms with Gasteiger partial charge in [-0.05, 0) is 21.5 Å². The van der Waals surface area contributed by atoms with Gasteiger partial charge in [0.15, 0.2) is 0 Å². The van der Waals surface area contributed by atoms with Crippen LogP contribution in [-0.4, -0.2) is 36.2 Å². The van der Waals surface area contributed by atoms with Crippen LogP contribution in [-0.2, 0) is 9.16 Å². The van der Waals surface area contributed by atoms with Crippen LogP contribution >= 0.6 is 0 Å². The minimum atomic E-state index is -2.61. The van der Waals surface area contributed by atoms with Crippen LogP contribution in [0.15, 0.2) is 72.3 Å². The van der Waals surface area contributed by atoms with Gasteiger partial charge in [0.2, 0.25) is 0 Å². The van der Waals surface area contributed by atoms with Gasteiger partial charge in [0.1, 0.15) is 14.2 Å². The Morgan fingerprint density at radius 1 is 0.969 bits per heavy atom. The van der Waals surface area contributed by atoms with Crippen LogP contribution < -0.4 is 10.4 Å². The number of hydrogen-bond donors (Lipinski definition) is 0. The predicted octanol–water partition coefficient (Wildman–Crippen LogP) is 5.02. The van der Waals surface area contributed by atoms with E-state index in [2.05, 4.69) is 106 Å². The van der Waals surface area contributed by atoms with Gasteiger partial charge in [-0.15, -0.1) is 12.0 Å². The molecule has 2 nitrogen and oxygen atoms in total. The summed E-state index contributed by atoms with van der Waals surface area (Å²) < 4.78 is 12.5. The lowest BCUT2D eigenvalue weighted by Gasteiger charge is -2.42. The van der Waals surface area contributed by atoms with Crippen molar-refractivity contribution in [2.45, 2.75) is 51.6 Å². The summed E-state index contributed by atoms with van der Waals surface area (Å²) in [6.45, 7) is 13.8. The quantitative estimate of drug-likeness (QED) is 0.427. The molecule has 0 unspecified atom stereocenters. The van der Waals surface area contributed by atoms with E-state index in [1.54, 1.807) is 7.11 Å². The first-order valence-electron chi connectivity index (χ1n) is 11.0. The lowest BCUT2D eigenvalue weighted by Crippen LogP contribution is -2.66. The maximum absolute atomic E-state index is 6.91. The van der Waals surface area contributed by atoms with Crippen LogP contribution in [0.3, 0.4) is 0 Å². The molecule has 0 N–H and O–H groups in total. The van der Waals surface area contributed by atoms with Gasteiger partial charge in [-0.3, -0.25) is 0 Å². The number of hydrogen-bond acceptors (Lipinski definition) is 2. The number of methoxy groups -OCH3 is 1. The molecule has 0 aliphatic carbocycles. The van der Waals surface area contributed by atoms with E-state index in [4.69, 9.17) is 15.6 Å². The Morgan fingerprint density at radius 3 is 1.84 bits per heavy atom. The third-order valence-electron chi connectivity index (χ3n) is 5.28. The third kappa shape index (κ3) is 6.34. The summed E-state index contributed by atoms with van der Waals surface area (Å²) in [5.74, 6) is 6.01. The van der Waals surface area contributed by atoms with Crippen LogP contribution in [0.2, 0.25) is 24.7 Å². The largest absolute Gasteiger partial charge is 0.404 e. The van der Waals surface area contributed by atoms with Crippen molar-refractivity contribution in [1.29, 1.82) is 0 Å². The molecular weight excluding hydrogens is 424 g/mol. The predicted molar refractivity (Wildman–Crippen MR) is 142 cm³/mol. The average molecular weight is 461 g/mol. The molecule has 0 aliphatic heterocycles. The van der Waals surface area contributed by atoms with Crippen LogP contribution in [0.25, 0.3) is 0 Å². The van der Waals surface area contributed by atoms with Gasteiger partial charge in [-0.2, -0.15) is 0 Å². The first-order valence-corrected chi connectivity index (χ1v) is 16.4. The second kappa shape index (κ2) is 11.0. The molecule has 168 valence electrons. The molecule has 32 heavy (non-hydrogen) atoms. The van der Waals surface area contributed by atoms with Gasteiger partial charge >= 0.3 is 0 Å². The lowest BCUT2D eigenvalue weighted by molar-refractivity contribution is 0.178. The van der Waals surface area contributed by atoms with Crippen LogP contribution in [0.1, 0.15) is 20.8 Å². The zero-order chi connectivity index (χ0) is 23.8. The van der Waals surface area contributed by atoms with Crippen LogP contribution in [0.4, 0.5) is 0 Å². The zero-order valence-electron chi connectivity index (χ0n) is 20.5. The number of ether oxygens (including phenoxy) is 1. The highest BCUT2D eigenvalue weighted by Crippen LogP contribution is 2.36. The maximum atomic E-state index is 6.91. The molecular formula is C28H36O2Si2. The van der Waals surface area contributed by atoms with E-state index in [0.717, 1.165) is 5.57 Å². The zero-order valence-corrected chi connectivity index (χ0v) is 22.5. The minimum Gasteiger partial charge on any atom is -0.404 e. The Bertz CT molecular complexity index is 956. The molecule has 0 heterocycles. The Balaban J connectivity index is 2.49. The fraction of sp³-hybridized carbons (Fsp3) is 0.357. The van der Waals surface area contributed by atoms with Gasteiger partial charge in [0.05, 0.1) is 6.61 Å². The summed E-state index contributed by atoms with van der Waals surface area (Å²) in [7, 11) is -2.49. The van der Waals surface area contributed by atoms with Gasteiger partial charge in [0, 0.05) is 12.7 Å². The van der Waals surface area contributed by atoms with Crippen LogP contribution in [0, 0.1) is 23.8 Å². The van der Waals surface area contributed by atoms with Crippen molar-refractivity contribution in [3.63, 3.8) is 0 Å². The molecule has 0 saturated carbocycles. The Kier molecular flexibility index (Phi) is 8.90. The Morgan fingerprint density at radius 2 is 1.47 bits per heavy atom. The topological polar surface area (TPSA) is 18.5 Å². The molecule has 2 aromatic carbocycles. The third-order valence-corrected chi connectivity index (χ3v) is 11.2. The maximum Gasteiger partial charge on any atom is 0.261 e. The van der Waals surface area contributed by atoms with Crippen molar-refractivity contribution in [1.82, 2.24) is 0 Å². The summed E-state index contributed by atoms with van der Waals surface area (Å²) in [6, 6.07) is 21.2. The molecule has 4 heteroatoms. The summed E-state index contributed by atoms with van der Waals surface area (Å²) in [6.07, 6.45) is 7.40. The SMILES string of the molecule is C#C/C(=C/CO[Si](c1ccccc1)(c1ccccc1)C(C)(C)C)[C@@H](C#C[Si](C)(C)C)OC. The second-order valence-electron chi connectivity index (χ2n) is 9.91. The standard InChI is InChI=1S/C28H36O2Si2/c1-9-24(27(29-5)21-23-31(6,7)8)20-22-30-32(28(2,3)4,25-16-12-10-13-17-25)26-18-14-11-15-19-26/h1,10-20,27H,22H2,2-8H3/b24-20-/t27-/m1/s1. The van der Waals surface area contributed by atoms with E-state index in [1.165, 1.54) is 10.4 Å². The average Bonchev–Trinajstić information content (AvgIpc) is 2.75. The van der Waals surface area contributed by atoms with E-state index >= 15 is 0 Å². The number of terminal acetylenes is 1. The molecule has 0 amide bonds. The van der Waals surface area contributed by atoms with Crippen molar-refractivity contribution < 1.29 is 9.16 Å². The number of rotatable bonds is 7. The monoisotopic (exact) mass is 460 g/mol. The van der Waals surface area contributed by atoms with Crippen molar-refractivity contribution in [3.8, 4) is 23.8 Å². The van der Waals surface area contributed by atoms with Crippen LogP contribution in [0.5, 0.6) is 0 Å². The fourth-order valence-corrected chi connectivity index (χ4v) is 8.86. The van der Waals surface area contributed by atoms with E-state index in [9.17, 15) is 0 Å². The van der Waals surface area contributed by atoms with Gasteiger partial charge < -0.3 is 9.16 Å². The Hall–Kier alpha value is -2.35. The van der Waals surface area contributed by atoms with Gasteiger partial charge in [-0.25, -0.2) is 0 Å². The molecule has 0 aliphatic rings. The minimum absolute atomic E-state index is 0.0852. The van der Waals surface area contributed by atoms with E-state index in [0.29, 0.717) is 6.61 Å². The molecule has 2 rings (SSSR count).